The minimum Gasteiger partial charge on any atom is -0.492 e. The molecule has 0 unspecified atom stereocenters. The summed E-state index contributed by atoms with van der Waals surface area (Å²) in [6.45, 7) is 2.54. The van der Waals surface area contributed by atoms with Crippen molar-refractivity contribution in [3.8, 4) is 11.5 Å². The molecule has 0 aliphatic carbocycles. The van der Waals surface area contributed by atoms with Crippen molar-refractivity contribution in [2.24, 2.45) is 0 Å². The Hall–Kier alpha value is -1.48. The summed E-state index contributed by atoms with van der Waals surface area (Å²) in [7, 11) is 1.61. The van der Waals surface area contributed by atoms with Crippen LogP contribution >= 0.6 is 0 Å². The van der Waals surface area contributed by atoms with Gasteiger partial charge in [0.1, 0.15) is 0 Å². The van der Waals surface area contributed by atoms with E-state index in [9.17, 15) is 0 Å². The smallest absolute Gasteiger partial charge is 0.167 e. The third kappa shape index (κ3) is 2.99. The van der Waals surface area contributed by atoms with Crippen molar-refractivity contribution < 1.29 is 14.6 Å². The highest BCUT2D eigenvalue weighted by Crippen LogP contribution is 2.31. The summed E-state index contributed by atoms with van der Waals surface area (Å²) >= 11 is 0. The Balaban J connectivity index is 3.04. The van der Waals surface area contributed by atoms with Gasteiger partial charge in [-0.25, -0.2) is 0 Å². The second-order valence-electron chi connectivity index (χ2n) is 2.90. The Morgan fingerprint density at radius 1 is 1.40 bits per heavy atom. The molecule has 0 heterocycles. The van der Waals surface area contributed by atoms with E-state index in [1.807, 2.05) is 25.1 Å². The lowest BCUT2D eigenvalue weighted by Crippen LogP contribution is -1.96. The van der Waals surface area contributed by atoms with Gasteiger partial charge in [-0.1, -0.05) is 24.3 Å². The maximum Gasteiger partial charge on any atom is 0.167 e. The molecule has 0 aromatic heterocycles. The Morgan fingerprint density at radius 2 is 2.20 bits per heavy atom. The van der Waals surface area contributed by atoms with Crippen molar-refractivity contribution in [3.63, 3.8) is 0 Å². The number of aliphatic hydroxyl groups excluding tert-OH is 1. The first-order valence-corrected chi connectivity index (χ1v) is 4.90. The highest BCUT2D eigenvalue weighted by Gasteiger charge is 2.06. The molecule has 0 saturated heterocycles. The maximum atomic E-state index is 8.70. The molecule has 15 heavy (non-hydrogen) atoms. The average molecular weight is 208 g/mol. The molecule has 0 radical (unpaired) electrons. The second kappa shape index (κ2) is 6.09. The lowest BCUT2D eigenvalue weighted by Gasteiger charge is -2.11. The lowest BCUT2D eigenvalue weighted by atomic mass is 10.1. The fourth-order valence-electron chi connectivity index (χ4n) is 1.33. The van der Waals surface area contributed by atoms with Crippen LogP contribution < -0.4 is 9.47 Å². The van der Waals surface area contributed by atoms with Crippen LogP contribution in [0.15, 0.2) is 24.3 Å². The van der Waals surface area contributed by atoms with Gasteiger partial charge in [-0.3, -0.25) is 0 Å². The van der Waals surface area contributed by atoms with Crippen molar-refractivity contribution >= 4 is 6.08 Å². The average Bonchev–Trinajstić information content (AvgIpc) is 2.27. The summed E-state index contributed by atoms with van der Waals surface area (Å²) in [5, 5.41) is 8.70. The van der Waals surface area contributed by atoms with Gasteiger partial charge in [0, 0.05) is 5.56 Å². The summed E-state index contributed by atoms with van der Waals surface area (Å²) in [6, 6.07) is 5.66. The Kier molecular flexibility index (Phi) is 4.71. The van der Waals surface area contributed by atoms with Crippen LogP contribution in [-0.2, 0) is 0 Å². The van der Waals surface area contributed by atoms with Crippen molar-refractivity contribution in [1.29, 1.82) is 0 Å². The molecule has 3 heteroatoms. The highest BCUT2D eigenvalue weighted by atomic mass is 16.5. The van der Waals surface area contributed by atoms with E-state index in [4.69, 9.17) is 14.6 Å². The Morgan fingerprint density at radius 3 is 2.80 bits per heavy atom. The van der Waals surface area contributed by atoms with Gasteiger partial charge in [-0.05, 0) is 13.0 Å². The van der Waals surface area contributed by atoms with E-state index in [-0.39, 0.29) is 6.61 Å². The molecule has 3 nitrogen and oxygen atoms in total. The van der Waals surface area contributed by atoms with E-state index in [0.717, 1.165) is 11.3 Å². The first kappa shape index (κ1) is 11.6. The first-order valence-electron chi connectivity index (χ1n) is 4.90. The summed E-state index contributed by atoms with van der Waals surface area (Å²) in [5.41, 5.74) is 0.900. The van der Waals surface area contributed by atoms with E-state index >= 15 is 0 Å². The summed E-state index contributed by atoms with van der Waals surface area (Å²) in [4.78, 5) is 0. The topological polar surface area (TPSA) is 38.7 Å². The molecule has 0 fully saturated rings. The van der Waals surface area contributed by atoms with Crippen LogP contribution in [0.1, 0.15) is 12.5 Å². The van der Waals surface area contributed by atoms with Crippen molar-refractivity contribution in [2.75, 3.05) is 20.3 Å². The maximum absolute atomic E-state index is 8.70. The van der Waals surface area contributed by atoms with E-state index < -0.39 is 0 Å². The second-order valence-corrected chi connectivity index (χ2v) is 2.90. The number of ether oxygens (including phenoxy) is 2. The van der Waals surface area contributed by atoms with Crippen LogP contribution in [0.4, 0.5) is 0 Å². The first-order chi connectivity index (χ1) is 7.33. The molecule has 1 N–H and O–H groups in total. The van der Waals surface area contributed by atoms with Gasteiger partial charge in [0.25, 0.3) is 0 Å². The van der Waals surface area contributed by atoms with E-state index in [1.54, 1.807) is 19.3 Å². The molecule has 0 aliphatic heterocycles. The van der Waals surface area contributed by atoms with Crippen LogP contribution in [-0.4, -0.2) is 25.4 Å². The van der Waals surface area contributed by atoms with Gasteiger partial charge in [0.15, 0.2) is 11.5 Å². The fraction of sp³-hybridized carbons (Fsp3) is 0.333. The number of rotatable bonds is 5. The third-order valence-corrected chi connectivity index (χ3v) is 1.92. The molecule has 0 aliphatic rings. The summed E-state index contributed by atoms with van der Waals surface area (Å²) in [5.74, 6) is 1.42. The van der Waals surface area contributed by atoms with Gasteiger partial charge >= 0.3 is 0 Å². The quantitative estimate of drug-likeness (QED) is 0.805. The summed E-state index contributed by atoms with van der Waals surface area (Å²) < 4.78 is 10.7. The van der Waals surface area contributed by atoms with Gasteiger partial charge < -0.3 is 14.6 Å². The number of aliphatic hydroxyl groups is 1. The monoisotopic (exact) mass is 208 g/mol. The number of hydrogen-bond acceptors (Lipinski definition) is 3. The number of hydrogen-bond donors (Lipinski definition) is 1. The number of methoxy groups -OCH3 is 1. The lowest BCUT2D eigenvalue weighted by molar-refractivity contribution is 0.310. The molecule has 0 bridgehead atoms. The predicted octanol–water partition coefficient (Wildman–Crippen LogP) is 2.10. The van der Waals surface area contributed by atoms with Gasteiger partial charge in [-0.2, -0.15) is 0 Å². The summed E-state index contributed by atoms with van der Waals surface area (Å²) in [6.07, 6.45) is 3.47. The number of benzene rings is 1. The van der Waals surface area contributed by atoms with Gasteiger partial charge in [0.2, 0.25) is 0 Å². The molecule has 82 valence electrons. The van der Waals surface area contributed by atoms with Crippen LogP contribution in [0.2, 0.25) is 0 Å². The van der Waals surface area contributed by atoms with Crippen molar-refractivity contribution in [1.82, 2.24) is 0 Å². The Labute approximate surface area is 90.0 Å². The van der Waals surface area contributed by atoms with E-state index in [1.165, 1.54) is 0 Å². The molecule has 0 amide bonds. The molecule has 0 saturated carbocycles. The molecule has 1 aromatic rings. The van der Waals surface area contributed by atoms with Crippen molar-refractivity contribution in [3.05, 3.63) is 29.8 Å². The van der Waals surface area contributed by atoms with E-state index in [0.29, 0.717) is 12.4 Å². The molecule has 1 aromatic carbocycles. The number of para-hydroxylation sites is 1. The minimum absolute atomic E-state index is 0.0159. The van der Waals surface area contributed by atoms with Gasteiger partial charge in [0.05, 0.1) is 20.3 Å². The minimum atomic E-state index is 0.0159. The molecule has 0 atom stereocenters. The molecular weight excluding hydrogens is 192 g/mol. The van der Waals surface area contributed by atoms with E-state index in [2.05, 4.69) is 0 Å². The molecule has 0 spiro atoms. The predicted molar refractivity (Wildman–Crippen MR) is 60.3 cm³/mol. The zero-order chi connectivity index (χ0) is 11.1. The van der Waals surface area contributed by atoms with Crippen LogP contribution in [0.5, 0.6) is 11.5 Å². The molecular formula is C12H16O3. The molecule has 1 rings (SSSR count). The van der Waals surface area contributed by atoms with Crippen LogP contribution in [0.3, 0.4) is 0 Å². The van der Waals surface area contributed by atoms with Crippen LogP contribution in [0, 0.1) is 0 Å². The zero-order valence-corrected chi connectivity index (χ0v) is 9.06. The highest BCUT2D eigenvalue weighted by molar-refractivity contribution is 5.62. The zero-order valence-electron chi connectivity index (χ0n) is 9.06. The van der Waals surface area contributed by atoms with Crippen LogP contribution in [0.25, 0.3) is 6.08 Å². The van der Waals surface area contributed by atoms with Crippen molar-refractivity contribution in [2.45, 2.75) is 6.92 Å². The largest absolute Gasteiger partial charge is 0.492 e. The Bertz CT molecular complexity index is 332. The fourth-order valence-corrected chi connectivity index (χ4v) is 1.33. The third-order valence-electron chi connectivity index (χ3n) is 1.92. The van der Waals surface area contributed by atoms with Gasteiger partial charge in [-0.15, -0.1) is 0 Å². The standard InChI is InChI=1S/C12H16O3/c1-3-15-11-8-4-6-10(7-5-9-13)12(11)14-2/h4-8,13H,3,9H2,1-2H3. The normalized spacial score (nSPS) is 10.6. The SMILES string of the molecule is CCOc1cccc(C=CCO)c1OC.